The number of carbonyl (C=O) groups is 2. The molecule has 2 aliphatic rings. The Morgan fingerprint density at radius 3 is 2.67 bits per heavy atom. The molecule has 0 spiro atoms. The monoisotopic (exact) mass is 420 g/mol. The van der Waals surface area contributed by atoms with Crippen molar-refractivity contribution in [3.05, 3.63) is 39.1 Å². The maximum atomic E-state index is 12.8. The molecule has 0 saturated carbocycles. The van der Waals surface area contributed by atoms with Gasteiger partial charge in [-0.25, -0.2) is 4.79 Å². The van der Waals surface area contributed by atoms with Gasteiger partial charge in [-0.05, 0) is 18.6 Å². The van der Waals surface area contributed by atoms with Gasteiger partial charge in [0.05, 0.1) is 44.0 Å². The number of nitro groups is 1. The first kappa shape index (κ1) is 21.5. The number of nitro benzene ring substituents is 1. The second kappa shape index (κ2) is 9.09. The summed E-state index contributed by atoms with van der Waals surface area (Å²) in [7, 11) is 1.22. The molecule has 162 valence electrons. The van der Waals surface area contributed by atoms with E-state index >= 15 is 0 Å². The van der Waals surface area contributed by atoms with E-state index in [1.54, 1.807) is 13.0 Å². The Hall–Kier alpha value is -3.18. The number of aryl methyl sites for hydroxylation is 1. The fourth-order valence-corrected chi connectivity index (χ4v) is 3.50. The molecule has 2 heterocycles. The Labute approximate surface area is 173 Å². The van der Waals surface area contributed by atoms with E-state index in [2.05, 4.69) is 5.32 Å². The van der Waals surface area contributed by atoms with Crippen LogP contribution in [0.1, 0.15) is 5.56 Å². The van der Waals surface area contributed by atoms with Gasteiger partial charge in [-0.1, -0.05) is 0 Å². The topological polar surface area (TPSA) is 134 Å². The molecule has 1 aromatic rings. The van der Waals surface area contributed by atoms with Crippen molar-refractivity contribution >= 4 is 28.9 Å². The minimum absolute atomic E-state index is 0.0107. The van der Waals surface area contributed by atoms with E-state index in [1.807, 2.05) is 4.90 Å². The molecule has 0 radical (unpaired) electrons. The van der Waals surface area contributed by atoms with Crippen molar-refractivity contribution in [3.63, 3.8) is 0 Å². The van der Waals surface area contributed by atoms with Gasteiger partial charge in [0.1, 0.15) is 11.4 Å². The van der Waals surface area contributed by atoms with Crippen LogP contribution in [0, 0.1) is 17.0 Å². The molecule has 0 aromatic heterocycles. The first-order chi connectivity index (χ1) is 14.4. The quantitative estimate of drug-likeness (QED) is 0.365. The molecule has 1 saturated heterocycles. The van der Waals surface area contributed by atoms with Gasteiger partial charge in [0.2, 0.25) is 0 Å². The van der Waals surface area contributed by atoms with Crippen molar-refractivity contribution in [1.82, 2.24) is 4.90 Å². The van der Waals surface area contributed by atoms with Crippen molar-refractivity contribution < 1.29 is 29.1 Å². The van der Waals surface area contributed by atoms with E-state index in [0.717, 1.165) is 0 Å². The van der Waals surface area contributed by atoms with Crippen LogP contribution in [0.2, 0.25) is 0 Å². The van der Waals surface area contributed by atoms with Crippen molar-refractivity contribution in [2.45, 2.75) is 6.92 Å². The smallest absolute Gasteiger partial charge is 0.337 e. The molecule has 0 bridgehead atoms. The zero-order valence-corrected chi connectivity index (χ0v) is 16.8. The van der Waals surface area contributed by atoms with E-state index in [-0.39, 0.29) is 36.7 Å². The standard InChI is InChI=1S/C19H24N4O7/c1-12-9-16(23(27)28)15(21-4-7-30-8-5-21)10-14(12)20-17-13(19(26)29-2)11-22(3-6-24)18(17)25/h9-10,20,24H,3-8,11H2,1-2H3. The maximum absolute atomic E-state index is 12.8. The summed E-state index contributed by atoms with van der Waals surface area (Å²) in [5, 5.41) is 23.8. The van der Waals surface area contributed by atoms with Crippen LogP contribution < -0.4 is 10.2 Å². The number of nitrogens with one attached hydrogen (secondary N) is 1. The normalized spacial score (nSPS) is 16.8. The number of aliphatic hydroxyl groups excluding tert-OH is 1. The number of rotatable bonds is 7. The molecule has 30 heavy (non-hydrogen) atoms. The first-order valence-electron chi connectivity index (χ1n) is 9.47. The number of β-amino-alcohol motifs (C(OH)–C–C–N with tert-alkyl or cyclic N) is 1. The number of anilines is 2. The minimum Gasteiger partial charge on any atom is -0.466 e. The number of amides is 1. The lowest BCUT2D eigenvalue weighted by molar-refractivity contribution is -0.384. The molecule has 11 heteroatoms. The summed E-state index contributed by atoms with van der Waals surface area (Å²) in [4.78, 5) is 39.3. The Balaban J connectivity index is 2.01. The average molecular weight is 420 g/mol. The number of hydrogen-bond acceptors (Lipinski definition) is 9. The molecule has 2 N–H and O–H groups in total. The zero-order chi connectivity index (χ0) is 21.8. The van der Waals surface area contributed by atoms with Crippen molar-refractivity contribution in [1.29, 1.82) is 0 Å². The second-order valence-corrected chi connectivity index (χ2v) is 6.93. The Morgan fingerprint density at radius 1 is 1.37 bits per heavy atom. The fourth-order valence-electron chi connectivity index (χ4n) is 3.50. The van der Waals surface area contributed by atoms with Crippen molar-refractivity contribution in [2.24, 2.45) is 0 Å². The predicted octanol–water partition coefficient (Wildman–Crippen LogP) is 0.413. The molecule has 1 amide bonds. The number of nitrogens with zero attached hydrogens (tertiary/aromatic N) is 3. The Bertz CT molecular complexity index is 893. The molecule has 11 nitrogen and oxygen atoms in total. The Kier molecular flexibility index (Phi) is 6.53. The number of esters is 1. The van der Waals surface area contributed by atoms with E-state index in [0.29, 0.717) is 43.2 Å². The maximum Gasteiger partial charge on any atom is 0.337 e. The summed E-state index contributed by atoms with van der Waals surface area (Å²) in [6.45, 7) is 3.44. The fraction of sp³-hybridized carbons (Fsp3) is 0.474. The molecular formula is C19H24N4O7. The van der Waals surface area contributed by atoms with Crippen molar-refractivity contribution in [2.75, 3.05) is 63.3 Å². The molecule has 0 unspecified atom stereocenters. The number of benzene rings is 1. The molecule has 0 aliphatic carbocycles. The van der Waals surface area contributed by atoms with Crippen LogP contribution in [0.5, 0.6) is 0 Å². The first-order valence-corrected chi connectivity index (χ1v) is 9.47. The number of hydrogen-bond donors (Lipinski definition) is 2. The highest BCUT2D eigenvalue weighted by molar-refractivity contribution is 6.08. The van der Waals surface area contributed by atoms with Crippen LogP contribution in [0.3, 0.4) is 0 Å². The lowest BCUT2D eigenvalue weighted by Crippen LogP contribution is -2.36. The van der Waals surface area contributed by atoms with Crippen molar-refractivity contribution in [3.8, 4) is 0 Å². The predicted molar refractivity (Wildman–Crippen MR) is 107 cm³/mol. The van der Waals surface area contributed by atoms with Crippen LogP contribution >= 0.6 is 0 Å². The Morgan fingerprint density at radius 2 is 2.07 bits per heavy atom. The third kappa shape index (κ3) is 4.21. The number of methoxy groups -OCH3 is 1. The SMILES string of the molecule is COC(=O)C1=C(Nc2cc(N3CCOCC3)c([N+](=O)[O-])cc2C)C(=O)N(CCO)C1. The van der Waals surface area contributed by atoms with Gasteiger partial charge in [0.15, 0.2) is 0 Å². The summed E-state index contributed by atoms with van der Waals surface area (Å²) in [6.07, 6.45) is 0. The molecule has 3 rings (SSSR count). The van der Waals surface area contributed by atoms with E-state index in [1.165, 1.54) is 18.1 Å². The number of morpholine rings is 1. The average Bonchev–Trinajstić information content (AvgIpc) is 3.05. The van der Waals surface area contributed by atoms with Crippen LogP contribution in [0.4, 0.5) is 17.1 Å². The molecular weight excluding hydrogens is 396 g/mol. The van der Waals surface area contributed by atoms with E-state index in [9.17, 15) is 24.8 Å². The highest BCUT2D eigenvalue weighted by Crippen LogP contribution is 2.35. The lowest BCUT2D eigenvalue weighted by Gasteiger charge is -2.29. The van der Waals surface area contributed by atoms with Gasteiger partial charge >= 0.3 is 5.97 Å². The zero-order valence-electron chi connectivity index (χ0n) is 16.8. The van der Waals surface area contributed by atoms with Crippen LogP contribution in [-0.2, 0) is 19.1 Å². The van der Waals surface area contributed by atoms with E-state index in [4.69, 9.17) is 9.47 Å². The third-order valence-corrected chi connectivity index (χ3v) is 5.08. The summed E-state index contributed by atoms with van der Waals surface area (Å²) in [6, 6.07) is 3.05. The molecule has 1 fully saturated rings. The largest absolute Gasteiger partial charge is 0.466 e. The van der Waals surface area contributed by atoms with Gasteiger partial charge in [-0.15, -0.1) is 0 Å². The highest BCUT2D eigenvalue weighted by atomic mass is 16.6. The van der Waals surface area contributed by atoms with Crippen LogP contribution in [0.25, 0.3) is 0 Å². The second-order valence-electron chi connectivity index (χ2n) is 6.93. The summed E-state index contributed by atoms with van der Waals surface area (Å²) in [5.41, 5.74) is 1.57. The summed E-state index contributed by atoms with van der Waals surface area (Å²) < 4.78 is 10.1. The van der Waals surface area contributed by atoms with Gasteiger partial charge in [-0.2, -0.15) is 0 Å². The van der Waals surface area contributed by atoms with Gasteiger partial charge in [0, 0.05) is 31.4 Å². The summed E-state index contributed by atoms with van der Waals surface area (Å²) in [5.74, 6) is -1.10. The van der Waals surface area contributed by atoms with Gasteiger partial charge in [-0.3, -0.25) is 14.9 Å². The highest BCUT2D eigenvalue weighted by Gasteiger charge is 2.35. The number of carbonyl (C=O) groups excluding carboxylic acids is 2. The van der Waals surface area contributed by atoms with E-state index < -0.39 is 16.8 Å². The number of aliphatic hydroxyl groups is 1. The van der Waals surface area contributed by atoms with Crippen LogP contribution in [-0.4, -0.2) is 79.9 Å². The summed E-state index contributed by atoms with van der Waals surface area (Å²) >= 11 is 0. The molecule has 0 atom stereocenters. The molecule has 2 aliphatic heterocycles. The number of ether oxygens (including phenoxy) is 2. The molecule has 1 aromatic carbocycles. The third-order valence-electron chi connectivity index (χ3n) is 5.08. The minimum atomic E-state index is -0.653. The van der Waals surface area contributed by atoms with Crippen LogP contribution in [0.15, 0.2) is 23.4 Å². The van der Waals surface area contributed by atoms with Gasteiger partial charge < -0.3 is 29.7 Å². The van der Waals surface area contributed by atoms with Gasteiger partial charge in [0.25, 0.3) is 11.6 Å². The lowest BCUT2D eigenvalue weighted by atomic mass is 10.1.